The van der Waals surface area contributed by atoms with Crippen LogP contribution in [0.5, 0.6) is 0 Å². The second-order valence-electron chi connectivity index (χ2n) is 8.05. The van der Waals surface area contributed by atoms with Crippen LogP contribution in [0.2, 0.25) is 5.02 Å². The van der Waals surface area contributed by atoms with E-state index in [1.54, 1.807) is 18.3 Å². The van der Waals surface area contributed by atoms with Gasteiger partial charge in [-0.15, -0.1) is 0 Å². The van der Waals surface area contributed by atoms with Gasteiger partial charge in [0.25, 0.3) is 5.91 Å². The van der Waals surface area contributed by atoms with Gasteiger partial charge in [0, 0.05) is 31.2 Å². The fourth-order valence-corrected chi connectivity index (χ4v) is 3.78. The number of nitrogen functional groups attached to an aromatic ring is 1. The van der Waals surface area contributed by atoms with Crippen LogP contribution >= 0.6 is 11.6 Å². The van der Waals surface area contributed by atoms with Crippen molar-refractivity contribution < 1.29 is 13.6 Å². The molecule has 1 amide bonds. The van der Waals surface area contributed by atoms with Gasteiger partial charge in [-0.2, -0.15) is 0 Å². The summed E-state index contributed by atoms with van der Waals surface area (Å²) in [4.78, 5) is 18.8. The second kappa shape index (κ2) is 7.79. The molecule has 2 aromatic rings. The lowest BCUT2D eigenvalue weighted by molar-refractivity contribution is 0.0323. The van der Waals surface area contributed by atoms with Gasteiger partial charge in [0.2, 0.25) is 0 Å². The lowest BCUT2D eigenvalue weighted by Gasteiger charge is -2.38. The van der Waals surface area contributed by atoms with Crippen molar-refractivity contribution in [3.05, 3.63) is 35.0 Å². The molecule has 28 heavy (non-hydrogen) atoms. The van der Waals surface area contributed by atoms with Gasteiger partial charge in [-0.25, -0.2) is 8.78 Å². The van der Waals surface area contributed by atoms with Gasteiger partial charge >= 0.3 is 0 Å². The van der Waals surface area contributed by atoms with Gasteiger partial charge in [-0.05, 0) is 44.9 Å². The summed E-state index contributed by atoms with van der Waals surface area (Å²) in [6, 6.07) is 4.90. The number of aromatic nitrogens is 1. The quantitative estimate of drug-likeness (QED) is 0.736. The number of carbonyl (C=O) groups is 1. The van der Waals surface area contributed by atoms with Crippen LogP contribution in [0.3, 0.4) is 0 Å². The van der Waals surface area contributed by atoms with Gasteiger partial charge in [0.05, 0.1) is 28.3 Å². The molecular formula is C20H25ClF2N4O. The van der Waals surface area contributed by atoms with Crippen molar-refractivity contribution in [1.29, 1.82) is 0 Å². The maximum absolute atomic E-state index is 15.1. The fourth-order valence-electron chi connectivity index (χ4n) is 3.57. The van der Waals surface area contributed by atoms with E-state index in [0.29, 0.717) is 29.7 Å². The van der Waals surface area contributed by atoms with Crippen LogP contribution in [0.25, 0.3) is 10.9 Å². The molecule has 1 aliphatic heterocycles. The van der Waals surface area contributed by atoms with E-state index in [1.165, 1.54) is 19.9 Å². The van der Waals surface area contributed by atoms with E-state index in [1.807, 2.05) is 4.90 Å². The molecule has 2 heterocycles. The molecule has 1 aromatic heterocycles. The normalized spacial score (nSPS) is 17.6. The van der Waals surface area contributed by atoms with E-state index in [4.69, 9.17) is 17.3 Å². The van der Waals surface area contributed by atoms with Crippen molar-refractivity contribution in [2.75, 3.05) is 31.9 Å². The number of hydrogen-bond donors (Lipinski definition) is 2. The predicted molar refractivity (Wildman–Crippen MR) is 108 cm³/mol. The average Bonchev–Trinajstić information content (AvgIpc) is 2.64. The topological polar surface area (TPSA) is 71.2 Å². The summed E-state index contributed by atoms with van der Waals surface area (Å²) in [5, 5.41) is 3.50. The molecule has 152 valence electrons. The summed E-state index contributed by atoms with van der Waals surface area (Å²) in [5.74, 6) is -0.449. The minimum atomic E-state index is -1.52. The van der Waals surface area contributed by atoms with Crippen LogP contribution in [0.15, 0.2) is 24.4 Å². The number of anilines is 1. The molecule has 0 aliphatic carbocycles. The van der Waals surface area contributed by atoms with E-state index in [2.05, 4.69) is 10.3 Å². The molecule has 0 bridgehead atoms. The van der Waals surface area contributed by atoms with Crippen LogP contribution in [0.1, 0.15) is 37.0 Å². The predicted octanol–water partition coefficient (Wildman–Crippen LogP) is 3.75. The number of nitrogens with two attached hydrogens (primary N) is 1. The van der Waals surface area contributed by atoms with Crippen LogP contribution in [0.4, 0.5) is 14.5 Å². The van der Waals surface area contributed by atoms with Crippen LogP contribution in [-0.4, -0.2) is 53.3 Å². The Morgan fingerprint density at radius 2 is 2.11 bits per heavy atom. The number of halogens is 3. The Morgan fingerprint density at radius 1 is 1.43 bits per heavy atom. The number of piperidine rings is 1. The fraction of sp³-hybridized carbons (Fsp3) is 0.500. The van der Waals surface area contributed by atoms with Gasteiger partial charge < -0.3 is 11.1 Å². The summed E-state index contributed by atoms with van der Waals surface area (Å²) in [7, 11) is 0. The summed E-state index contributed by atoms with van der Waals surface area (Å²) in [6.07, 6.45) is 2.04. The number of benzene rings is 1. The first-order valence-electron chi connectivity index (χ1n) is 9.29. The number of nitrogens with zero attached hydrogens (tertiary/aromatic N) is 2. The third kappa shape index (κ3) is 4.70. The van der Waals surface area contributed by atoms with Crippen LogP contribution in [0, 0.1) is 0 Å². The van der Waals surface area contributed by atoms with E-state index in [9.17, 15) is 9.18 Å². The van der Waals surface area contributed by atoms with E-state index < -0.39 is 17.2 Å². The van der Waals surface area contributed by atoms with E-state index >= 15 is 4.39 Å². The van der Waals surface area contributed by atoms with Crippen molar-refractivity contribution in [2.45, 2.75) is 38.0 Å². The first-order chi connectivity index (χ1) is 13.1. The Kier molecular flexibility index (Phi) is 5.77. The molecule has 3 N–H and O–H groups in total. The van der Waals surface area contributed by atoms with Crippen molar-refractivity contribution in [3.63, 3.8) is 0 Å². The first kappa shape index (κ1) is 20.7. The largest absolute Gasteiger partial charge is 0.397 e. The molecular weight excluding hydrogens is 386 g/mol. The molecule has 5 nitrogen and oxygen atoms in total. The third-order valence-electron chi connectivity index (χ3n) is 5.04. The molecule has 8 heteroatoms. The molecule has 1 aromatic carbocycles. The maximum atomic E-state index is 15.1. The van der Waals surface area contributed by atoms with Crippen molar-refractivity contribution in [2.24, 2.45) is 0 Å². The molecule has 3 rings (SSSR count). The Morgan fingerprint density at radius 3 is 2.75 bits per heavy atom. The van der Waals surface area contributed by atoms with Crippen LogP contribution < -0.4 is 11.1 Å². The highest BCUT2D eigenvalue weighted by atomic mass is 35.5. The van der Waals surface area contributed by atoms with E-state index in [0.717, 1.165) is 0 Å². The highest BCUT2D eigenvalue weighted by Gasteiger charge is 2.36. The lowest BCUT2D eigenvalue weighted by Crippen LogP contribution is -2.50. The number of amides is 1. The number of likely N-dealkylation sites (tertiary alicyclic amines) is 1. The molecule has 1 fully saturated rings. The summed E-state index contributed by atoms with van der Waals surface area (Å²) < 4.78 is 28.9. The number of carbonyl (C=O) groups excluding carboxylic acids is 1. The Labute approximate surface area is 168 Å². The van der Waals surface area contributed by atoms with Gasteiger partial charge in [0.1, 0.15) is 11.3 Å². The second-order valence-corrected chi connectivity index (χ2v) is 8.45. The highest BCUT2D eigenvalue weighted by molar-refractivity contribution is 6.35. The van der Waals surface area contributed by atoms with Crippen molar-refractivity contribution >= 4 is 34.1 Å². The lowest BCUT2D eigenvalue weighted by atomic mass is 9.92. The Bertz CT molecular complexity index is 876. The summed E-state index contributed by atoms with van der Waals surface area (Å²) in [5.41, 5.74) is 4.17. The number of alkyl halides is 2. The zero-order valence-electron chi connectivity index (χ0n) is 16.1. The first-order valence-corrected chi connectivity index (χ1v) is 9.67. The average molecular weight is 411 g/mol. The molecule has 1 aliphatic rings. The standard InChI is InChI=1S/C20H25ClF2N4O/c1-19(2,22)12-27-8-5-20(23,6-9-27)11-26-18(28)14-10-15(21)16(24)13-4-3-7-25-17(13)14/h3-4,7,10H,5-6,8-9,11-12,24H2,1-2H3,(H,26,28). The smallest absolute Gasteiger partial charge is 0.253 e. The third-order valence-corrected chi connectivity index (χ3v) is 5.36. The van der Waals surface area contributed by atoms with Crippen molar-refractivity contribution in [3.8, 4) is 0 Å². The Hall–Kier alpha value is -1.99. The summed E-state index contributed by atoms with van der Waals surface area (Å²) in [6.45, 7) is 4.10. The monoisotopic (exact) mass is 410 g/mol. The van der Waals surface area contributed by atoms with Gasteiger partial charge in [-0.1, -0.05) is 11.6 Å². The molecule has 0 radical (unpaired) electrons. The number of hydrogen-bond acceptors (Lipinski definition) is 4. The number of rotatable bonds is 5. The number of nitrogens with one attached hydrogen (secondary N) is 1. The maximum Gasteiger partial charge on any atom is 0.253 e. The SMILES string of the molecule is CC(C)(F)CN1CCC(F)(CNC(=O)c2cc(Cl)c(N)c3cccnc23)CC1. The zero-order chi connectivity index (χ0) is 20.5. The molecule has 1 saturated heterocycles. The van der Waals surface area contributed by atoms with Gasteiger partial charge in [-0.3, -0.25) is 14.7 Å². The van der Waals surface area contributed by atoms with Gasteiger partial charge in [0.15, 0.2) is 0 Å². The molecule has 0 spiro atoms. The molecule has 0 atom stereocenters. The van der Waals surface area contributed by atoms with Crippen LogP contribution in [-0.2, 0) is 0 Å². The van der Waals surface area contributed by atoms with Crippen molar-refractivity contribution in [1.82, 2.24) is 15.2 Å². The summed E-state index contributed by atoms with van der Waals surface area (Å²) >= 11 is 6.14. The molecule has 0 unspecified atom stereocenters. The van der Waals surface area contributed by atoms with E-state index in [-0.39, 0.29) is 36.5 Å². The zero-order valence-corrected chi connectivity index (χ0v) is 16.8. The Balaban J connectivity index is 1.67. The number of fused-ring (bicyclic) bond motifs is 1. The molecule has 0 saturated carbocycles. The minimum Gasteiger partial charge on any atom is -0.397 e. The number of pyridine rings is 1. The highest BCUT2D eigenvalue weighted by Crippen LogP contribution is 2.31. The minimum absolute atomic E-state index is 0.116.